The molecule has 118 valence electrons. The van der Waals surface area contributed by atoms with Crippen LogP contribution in [0.15, 0.2) is 18.2 Å². The number of amides is 1. The molecule has 2 N–H and O–H groups in total. The first kappa shape index (κ1) is 18.5. The summed E-state index contributed by atoms with van der Waals surface area (Å²) in [5.74, 6) is -2.87. The molecule has 0 aliphatic heterocycles. The van der Waals surface area contributed by atoms with Gasteiger partial charge < -0.3 is 5.32 Å². The number of halogens is 5. The van der Waals surface area contributed by atoms with Gasteiger partial charge in [-0.2, -0.15) is 21.6 Å². The molecule has 0 radical (unpaired) electrons. The van der Waals surface area contributed by atoms with Crippen molar-refractivity contribution < 1.29 is 30.9 Å². The fourth-order valence-corrected chi connectivity index (χ4v) is 2.97. The largest absolute Gasteiger partial charge is 0.409 e. The minimum atomic E-state index is -5.04. The Hall–Kier alpha value is -0.590. The summed E-state index contributed by atoms with van der Waals surface area (Å²) in [5.41, 5.74) is -0.235. The van der Waals surface area contributed by atoms with Gasteiger partial charge in [0.15, 0.2) is 0 Å². The molecule has 1 atom stereocenters. The number of carbonyl (C=O) groups is 1. The third-order valence-electron chi connectivity index (χ3n) is 2.25. The van der Waals surface area contributed by atoms with Crippen LogP contribution in [0, 0.1) is 3.57 Å². The second-order valence-electron chi connectivity index (χ2n) is 3.94. The zero-order valence-corrected chi connectivity index (χ0v) is 13.7. The van der Waals surface area contributed by atoms with Gasteiger partial charge in [-0.15, -0.1) is 0 Å². The Morgan fingerprint density at radius 1 is 1.43 bits per heavy atom. The predicted molar refractivity (Wildman–Crippen MR) is 77.9 cm³/mol. The summed E-state index contributed by atoms with van der Waals surface area (Å²) in [6.45, 7) is 0. The molecule has 1 rings (SSSR count). The lowest BCUT2D eigenvalue weighted by atomic mass is 10.2. The van der Waals surface area contributed by atoms with Crippen molar-refractivity contribution in [1.29, 1.82) is 0 Å². The van der Waals surface area contributed by atoms with E-state index >= 15 is 0 Å². The molecule has 21 heavy (non-hydrogen) atoms. The van der Waals surface area contributed by atoms with Crippen molar-refractivity contribution >= 4 is 50.2 Å². The van der Waals surface area contributed by atoms with Crippen LogP contribution >= 0.6 is 34.2 Å². The Kier molecular flexibility index (Phi) is 5.86. The quantitative estimate of drug-likeness (QED) is 0.538. The number of hydrogen-bond acceptors (Lipinski definition) is 3. The monoisotopic (exact) mass is 457 g/mol. The summed E-state index contributed by atoms with van der Waals surface area (Å²) < 4.78 is 68.4. The Morgan fingerprint density at radius 3 is 2.43 bits per heavy atom. The van der Waals surface area contributed by atoms with E-state index in [0.717, 1.165) is 0 Å². The van der Waals surface area contributed by atoms with Crippen LogP contribution < -0.4 is 5.32 Å². The molecule has 0 aromatic heterocycles. The Labute approximate surface area is 136 Å². The fourth-order valence-electron chi connectivity index (χ4n) is 1.34. The summed E-state index contributed by atoms with van der Waals surface area (Å²) in [4.78, 5) is 11.7. The molecule has 0 heterocycles. The minimum absolute atomic E-state index is 0.0767. The lowest BCUT2D eigenvalue weighted by Crippen LogP contribution is -2.49. The smallest absolute Gasteiger partial charge is 0.339 e. The maximum atomic E-state index is 12.7. The third kappa shape index (κ3) is 5.96. The summed E-state index contributed by atoms with van der Waals surface area (Å²) in [6, 6.07) is 1.28. The van der Waals surface area contributed by atoms with Crippen molar-refractivity contribution in [2.24, 2.45) is 0 Å². The van der Waals surface area contributed by atoms with Crippen LogP contribution in [0.3, 0.4) is 0 Å². The van der Waals surface area contributed by atoms with E-state index in [-0.39, 0.29) is 10.6 Å². The number of hydrogen-bond donors (Lipinski definition) is 2. The Bertz CT molecular complexity index is 650. The second kappa shape index (κ2) is 6.67. The number of alkyl halides is 3. The lowest BCUT2D eigenvalue weighted by molar-refractivity contribution is -0.148. The molecule has 1 aromatic rings. The predicted octanol–water partition coefficient (Wildman–Crippen LogP) is 2.49. The Balaban J connectivity index is 3.01. The zero-order valence-electron chi connectivity index (χ0n) is 9.99. The van der Waals surface area contributed by atoms with Gasteiger partial charge in [0.05, 0.1) is 10.6 Å². The zero-order chi connectivity index (χ0) is 16.4. The molecule has 0 aliphatic rings. The number of rotatable bonds is 4. The highest BCUT2D eigenvalue weighted by Gasteiger charge is 2.43. The van der Waals surface area contributed by atoms with Crippen LogP contribution in [0.2, 0.25) is 5.02 Å². The molecule has 0 spiro atoms. The first-order valence-electron chi connectivity index (χ1n) is 5.18. The first-order valence-corrected chi connectivity index (χ1v) is 8.24. The molecule has 0 fully saturated rings. The van der Waals surface area contributed by atoms with Crippen molar-refractivity contribution in [3.8, 4) is 0 Å². The topological polar surface area (TPSA) is 83.5 Å². The van der Waals surface area contributed by atoms with E-state index in [4.69, 9.17) is 16.2 Å². The number of benzene rings is 1. The average Bonchev–Trinajstić information content (AvgIpc) is 2.24. The van der Waals surface area contributed by atoms with Gasteiger partial charge in [0.2, 0.25) is 0 Å². The van der Waals surface area contributed by atoms with Crippen molar-refractivity contribution in [3.63, 3.8) is 0 Å². The molecule has 0 saturated carbocycles. The van der Waals surface area contributed by atoms with E-state index < -0.39 is 34.0 Å². The third-order valence-corrected chi connectivity index (χ3v) is 3.99. The summed E-state index contributed by atoms with van der Waals surface area (Å²) in [5, 5.41) is 1.42. The van der Waals surface area contributed by atoms with Gasteiger partial charge in [0, 0.05) is 3.57 Å². The molecule has 0 aliphatic carbocycles. The normalized spacial score (nSPS) is 13.8. The van der Waals surface area contributed by atoms with Crippen molar-refractivity contribution in [3.05, 3.63) is 32.4 Å². The molecule has 11 heteroatoms. The van der Waals surface area contributed by atoms with E-state index in [0.29, 0.717) is 3.57 Å². The van der Waals surface area contributed by atoms with Crippen molar-refractivity contribution in [2.45, 2.75) is 12.2 Å². The molecule has 1 amide bonds. The van der Waals surface area contributed by atoms with Gasteiger partial charge >= 0.3 is 6.18 Å². The fraction of sp³-hybridized carbons (Fsp3) is 0.300. The van der Waals surface area contributed by atoms with Crippen LogP contribution in [0.1, 0.15) is 10.4 Å². The van der Waals surface area contributed by atoms with Crippen LogP contribution in [0.5, 0.6) is 0 Å². The van der Waals surface area contributed by atoms with Crippen molar-refractivity contribution in [1.82, 2.24) is 5.32 Å². The van der Waals surface area contributed by atoms with Gasteiger partial charge in [-0.05, 0) is 40.8 Å². The highest BCUT2D eigenvalue weighted by Crippen LogP contribution is 2.23. The van der Waals surface area contributed by atoms with E-state index in [1.807, 2.05) is 22.6 Å². The molecular formula is C10H8ClF3INO4S. The van der Waals surface area contributed by atoms with Crippen LogP contribution in [0.25, 0.3) is 0 Å². The molecular weight excluding hydrogens is 450 g/mol. The maximum absolute atomic E-state index is 12.7. The molecule has 0 saturated heterocycles. The molecule has 5 nitrogen and oxygen atoms in total. The van der Waals surface area contributed by atoms with E-state index in [1.54, 1.807) is 0 Å². The van der Waals surface area contributed by atoms with Gasteiger partial charge in [-0.1, -0.05) is 11.6 Å². The van der Waals surface area contributed by atoms with Gasteiger partial charge in [-0.25, -0.2) is 0 Å². The first-order chi connectivity index (χ1) is 9.40. The number of nitrogens with one attached hydrogen (secondary N) is 1. The summed E-state index contributed by atoms with van der Waals surface area (Å²) in [7, 11) is -4.92. The molecule has 1 aromatic carbocycles. The summed E-state index contributed by atoms with van der Waals surface area (Å²) in [6.07, 6.45) is -5.04. The van der Waals surface area contributed by atoms with Gasteiger partial charge in [0.1, 0.15) is 11.8 Å². The van der Waals surface area contributed by atoms with E-state index in [1.165, 1.54) is 23.5 Å². The van der Waals surface area contributed by atoms with Crippen molar-refractivity contribution in [2.75, 3.05) is 5.75 Å². The van der Waals surface area contributed by atoms with E-state index in [9.17, 15) is 26.4 Å². The highest BCUT2D eigenvalue weighted by molar-refractivity contribution is 14.1. The minimum Gasteiger partial charge on any atom is -0.339 e. The van der Waals surface area contributed by atoms with Gasteiger partial charge in [0.25, 0.3) is 16.0 Å². The Morgan fingerprint density at radius 2 is 2.00 bits per heavy atom. The standard InChI is InChI=1S/C10H8ClF3INO4S/c11-7-3-5(15)1-2-6(7)9(17)16-8(10(12,13)14)4-21(18,19)20/h1-3,8H,4H2,(H,16,17)(H,18,19,20). The summed E-state index contributed by atoms with van der Waals surface area (Å²) >= 11 is 7.63. The number of carbonyl (C=O) groups excluding carboxylic acids is 1. The molecule has 0 bridgehead atoms. The average molecular weight is 458 g/mol. The van der Waals surface area contributed by atoms with Crippen LogP contribution in [0.4, 0.5) is 13.2 Å². The highest BCUT2D eigenvalue weighted by atomic mass is 127. The maximum Gasteiger partial charge on any atom is 0.409 e. The molecule has 1 unspecified atom stereocenters. The van der Waals surface area contributed by atoms with Gasteiger partial charge in [-0.3, -0.25) is 9.35 Å². The van der Waals surface area contributed by atoms with Crippen LogP contribution in [-0.2, 0) is 10.1 Å². The second-order valence-corrected chi connectivity index (χ2v) is 7.09. The van der Waals surface area contributed by atoms with Crippen LogP contribution in [-0.4, -0.2) is 36.8 Å². The lowest BCUT2D eigenvalue weighted by Gasteiger charge is -2.20. The SMILES string of the molecule is O=C(NC(CS(=O)(=O)O)C(F)(F)F)c1ccc(I)cc1Cl. The van der Waals surface area contributed by atoms with E-state index in [2.05, 4.69) is 0 Å².